The van der Waals surface area contributed by atoms with Gasteiger partial charge in [-0.25, -0.2) is 0 Å². The fourth-order valence-electron chi connectivity index (χ4n) is 5.39. The van der Waals surface area contributed by atoms with E-state index in [0.717, 1.165) is 33.6 Å². The summed E-state index contributed by atoms with van der Waals surface area (Å²) in [6.07, 6.45) is 1.05. The maximum absolute atomic E-state index is 13.8. The topological polar surface area (TPSA) is 66.0 Å². The zero-order chi connectivity index (χ0) is 25.0. The van der Waals surface area contributed by atoms with Crippen molar-refractivity contribution in [1.29, 1.82) is 0 Å². The summed E-state index contributed by atoms with van der Waals surface area (Å²) in [6, 6.07) is 15.3. The van der Waals surface area contributed by atoms with Crippen LogP contribution in [0.3, 0.4) is 0 Å². The smallest absolute Gasteiger partial charge is 0.231 e. The summed E-state index contributed by atoms with van der Waals surface area (Å²) in [6.45, 7) is 0.170. The highest BCUT2D eigenvalue weighted by molar-refractivity contribution is 6.42. The number of anilines is 1. The van der Waals surface area contributed by atoms with Gasteiger partial charge in [-0.15, -0.1) is 0 Å². The van der Waals surface area contributed by atoms with E-state index in [1.807, 2.05) is 42.5 Å². The van der Waals surface area contributed by atoms with Gasteiger partial charge in [0.15, 0.2) is 28.8 Å². The molecule has 0 amide bonds. The number of rotatable bonds is 4. The number of nitrogens with one attached hydrogen (secondary N) is 1. The molecule has 1 N–H and O–H groups in total. The van der Waals surface area contributed by atoms with Gasteiger partial charge in [0.1, 0.15) is 0 Å². The van der Waals surface area contributed by atoms with E-state index in [9.17, 15) is 4.79 Å². The van der Waals surface area contributed by atoms with Gasteiger partial charge in [-0.05, 0) is 59.4 Å². The van der Waals surface area contributed by atoms with Crippen LogP contribution in [-0.2, 0) is 4.79 Å². The Bertz CT molecular complexity index is 1430. The van der Waals surface area contributed by atoms with E-state index in [1.165, 1.54) is 0 Å². The van der Waals surface area contributed by atoms with Gasteiger partial charge in [0.2, 0.25) is 6.79 Å². The molecular weight excluding hydrogens is 501 g/mol. The Kier molecular flexibility index (Phi) is 5.73. The van der Waals surface area contributed by atoms with Gasteiger partial charge in [0, 0.05) is 35.4 Å². The molecule has 2 atom stereocenters. The zero-order valence-corrected chi connectivity index (χ0v) is 21.2. The molecule has 0 bridgehead atoms. The first-order chi connectivity index (χ1) is 17.5. The normalized spacial score (nSPS) is 19.9. The van der Waals surface area contributed by atoms with E-state index in [4.69, 9.17) is 42.1 Å². The van der Waals surface area contributed by atoms with Gasteiger partial charge in [-0.1, -0.05) is 35.3 Å². The Morgan fingerprint density at radius 1 is 0.861 bits per heavy atom. The predicted molar refractivity (Wildman–Crippen MR) is 138 cm³/mol. The Morgan fingerprint density at radius 3 is 2.36 bits per heavy atom. The van der Waals surface area contributed by atoms with Crippen molar-refractivity contribution in [1.82, 2.24) is 0 Å². The summed E-state index contributed by atoms with van der Waals surface area (Å²) in [5, 5.41) is 4.46. The number of ketones is 1. The summed E-state index contributed by atoms with van der Waals surface area (Å²) in [7, 11) is 3.22. The fraction of sp³-hybridized carbons (Fsp3) is 0.250. The van der Waals surface area contributed by atoms with Crippen molar-refractivity contribution in [2.75, 3.05) is 26.3 Å². The Balaban J connectivity index is 1.46. The summed E-state index contributed by atoms with van der Waals surface area (Å²) >= 11 is 12.6. The van der Waals surface area contributed by atoms with Crippen molar-refractivity contribution in [3.63, 3.8) is 0 Å². The highest BCUT2D eigenvalue weighted by atomic mass is 35.5. The van der Waals surface area contributed by atoms with Crippen molar-refractivity contribution in [2.45, 2.75) is 24.7 Å². The second-order valence-electron chi connectivity index (χ2n) is 9.06. The minimum absolute atomic E-state index is 0.00595. The largest absolute Gasteiger partial charge is 0.493 e. The number of halogens is 2. The quantitative estimate of drug-likeness (QED) is 0.410. The molecule has 6 nitrogen and oxygen atoms in total. The standard InChI is InChI=1S/C28H23Cl2NO5/c1-33-23-6-4-14(10-24(23)34-2)16-8-21-28(22(32)9-16)27(15-3-5-18(29)19(30)7-15)17-11-25-26(36-13-35-25)12-20(17)31-21/h3-7,10-12,16,27,31H,8-9,13H2,1-2H3/t16-,27-/m0/s1. The van der Waals surface area contributed by atoms with Gasteiger partial charge in [-0.2, -0.15) is 0 Å². The number of hydrogen-bond donors (Lipinski definition) is 1. The van der Waals surface area contributed by atoms with Crippen LogP contribution in [0.1, 0.15) is 41.4 Å². The van der Waals surface area contributed by atoms with E-state index in [0.29, 0.717) is 45.9 Å². The highest BCUT2D eigenvalue weighted by Crippen LogP contribution is 2.52. The Morgan fingerprint density at radius 2 is 1.61 bits per heavy atom. The molecule has 184 valence electrons. The first-order valence-corrected chi connectivity index (χ1v) is 12.4. The molecule has 36 heavy (non-hydrogen) atoms. The second kappa shape index (κ2) is 8.95. The van der Waals surface area contributed by atoms with E-state index >= 15 is 0 Å². The third kappa shape index (κ3) is 3.76. The van der Waals surface area contributed by atoms with Crippen LogP contribution in [0.2, 0.25) is 10.0 Å². The molecule has 3 aliphatic rings. The number of hydrogen-bond acceptors (Lipinski definition) is 6. The van der Waals surface area contributed by atoms with Gasteiger partial charge in [0.05, 0.1) is 24.3 Å². The summed E-state index contributed by atoms with van der Waals surface area (Å²) < 4.78 is 22.2. The van der Waals surface area contributed by atoms with Crippen molar-refractivity contribution in [3.8, 4) is 23.0 Å². The molecule has 0 fully saturated rings. The molecule has 2 heterocycles. The van der Waals surface area contributed by atoms with Crippen LogP contribution in [0.15, 0.2) is 59.8 Å². The molecule has 3 aromatic rings. The van der Waals surface area contributed by atoms with Gasteiger partial charge in [0.25, 0.3) is 0 Å². The molecule has 0 radical (unpaired) electrons. The number of carbonyl (C=O) groups excluding carboxylic acids is 1. The van der Waals surface area contributed by atoms with E-state index in [1.54, 1.807) is 20.3 Å². The van der Waals surface area contributed by atoms with Crippen LogP contribution in [0.5, 0.6) is 23.0 Å². The van der Waals surface area contributed by atoms with Crippen LogP contribution in [0.25, 0.3) is 0 Å². The number of Topliss-reactive ketones (excluding diaryl/α,β-unsaturated/α-hetero) is 1. The average molecular weight is 524 g/mol. The predicted octanol–water partition coefficient (Wildman–Crippen LogP) is 6.70. The van der Waals surface area contributed by atoms with Gasteiger partial charge < -0.3 is 24.3 Å². The number of methoxy groups -OCH3 is 2. The van der Waals surface area contributed by atoms with Crippen LogP contribution >= 0.6 is 23.2 Å². The summed E-state index contributed by atoms with van der Waals surface area (Å²) in [4.78, 5) is 13.8. The molecule has 0 aromatic heterocycles. The molecule has 0 saturated carbocycles. The van der Waals surface area contributed by atoms with Crippen molar-refractivity contribution >= 4 is 34.7 Å². The third-order valence-electron chi connectivity index (χ3n) is 7.09. The molecule has 0 saturated heterocycles. The van der Waals surface area contributed by atoms with Crippen molar-refractivity contribution in [3.05, 3.63) is 86.5 Å². The van der Waals surface area contributed by atoms with Crippen LogP contribution in [0, 0.1) is 0 Å². The number of fused-ring (bicyclic) bond motifs is 2. The molecule has 0 unspecified atom stereocenters. The number of benzene rings is 3. The minimum atomic E-state index is -0.306. The van der Waals surface area contributed by atoms with Crippen LogP contribution in [0.4, 0.5) is 5.69 Å². The highest BCUT2D eigenvalue weighted by Gasteiger charge is 2.39. The Labute approximate surface area is 218 Å². The SMILES string of the molecule is COc1ccc([C@@H]2CC(=O)C3=C(C2)Nc2cc4c(cc2[C@@H]3c2ccc(Cl)c(Cl)c2)OCO4)cc1OC. The summed E-state index contributed by atoms with van der Waals surface area (Å²) in [5.41, 5.74) is 5.39. The molecule has 6 rings (SSSR count). The number of carbonyl (C=O) groups is 1. The average Bonchev–Trinajstić information content (AvgIpc) is 3.34. The molecule has 1 aliphatic carbocycles. The molecular formula is C28H23Cl2NO5. The van der Waals surface area contributed by atoms with Crippen LogP contribution in [-0.4, -0.2) is 26.8 Å². The van der Waals surface area contributed by atoms with E-state index < -0.39 is 0 Å². The molecule has 3 aromatic carbocycles. The van der Waals surface area contributed by atoms with Crippen LogP contribution < -0.4 is 24.3 Å². The lowest BCUT2D eigenvalue weighted by atomic mass is 9.72. The lowest BCUT2D eigenvalue weighted by Gasteiger charge is -2.37. The van der Waals surface area contributed by atoms with Crippen molar-refractivity contribution in [2.24, 2.45) is 0 Å². The summed E-state index contributed by atoms with van der Waals surface area (Å²) in [5.74, 6) is 2.41. The minimum Gasteiger partial charge on any atom is -0.493 e. The number of ether oxygens (including phenoxy) is 4. The lowest BCUT2D eigenvalue weighted by Crippen LogP contribution is -2.29. The van der Waals surface area contributed by atoms with E-state index in [2.05, 4.69) is 5.32 Å². The fourth-order valence-corrected chi connectivity index (χ4v) is 5.69. The second-order valence-corrected chi connectivity index (χ2v) is 9.87. The number of allylic oxidation sites excluding steroid dienone is 2. The van der Waals surface area contributed by atoms with Crippen molar-refractivity contribution < 1.29 is 23.7 Å². The van der Waals surface area contributed by atoms with Gasteiger partial charge >= 0.3 is 0 Å². The molecule has 2 aliphatic heterocycles. The lowest BCUT2D eigenvalue weighted by molar-refractivity contribution is -0.116. The molecule has 0 spiro atoms. The first kappa shape index (κ1) is 23.1. The zero-order valence-electron chi connectivity index (χ0n) is 19.7. The Hall–Kier alpha value is -3.35. The first-order valence-electron chi connectivity index (χ1n) is 11.6. The molecule has 8 heteroatoms. The monoisotopic (exact) mass is 523 g/mol. The van der Waals surface area contributed by atoms with E-state index in [-0.39, 0.29) is 24.4 Å². The maximum Gasteiger partial charge on any atom is 0.231 e. The maximum atomic E-state index is 13.8. The van der Waals surface area contributed by atoms with Gasteiger partial charge in [-0.3, -0.25) is 4.79 Å². The third-order valence-corrected chi connectivity index (χ3v) is 7.83.